The first-order chi connectivity index (χ1) is 9.90. The molecule has 0 saturated heterocycles. The molecule has 2 rings (SSSR count). The van der Waals surface area contributed by atoms with Crippen LogP contribution in [0.15, 0.2) is 24.5 Å². The Balaban J connectivity index is 2.33. The van der Waals surface area contributed by atoms with Gasteiger partial charge in [0.25, 0.3) is 11.6 Å². The number of imidazole rings is 1. The lowest BCUT2D eigenvalue weighted by Gasteiger charge is -2.16. The standard InChI is InChI=1S/C12H12FN5O3/c1-17(6-11-15-2-3-16-11)12(19)7-4-9(14)8(13)5-10(7)18(20)21/h2-5H,6,14H2,1H3,(H,15,16). The number of nitrogens with two attached hydrogens (primary N) is 1. The number of carbonyl (C=O) groups excluding carboxylic acids is 1. The summed E-state index contributed by atoms with van der Waals surface area (Å²) in [5.74, 6) is -1.07. The van der Waals surface area contributed by atoms with Gasteiger partial charge in [-0.05, 0) is 6.07 Å². The van der Waals surface area contributed by atoms with Crippen molar-refractivity contribution in [3.05, 3.63) is 51.8 Å². The van der Waals surface area contributed by atoms with Gasteiger partial charge in [0.05, 0.1) is 23.2 Å². The molecule has 1 amide bonds. The SMILES string of the molecule is CN(Cc1ncc[nH]1)C(=O)c1cc(N)c(F)cc1[N+](=O)[O-]. The molecule has 3 N–H and O–H groups in total. The fraction of sp³-hybridized carbons (Fsp3) is 0.167. The van der Waals surface area contributed by atoms with Gasteiger partial charge in [-0.2, -0.15) is 0 Å². The van der Waals surface area contributed by atoms with E-state index in [1.54, 1.807) is 6.20 Å². The molecule has 21 heavy (non-hydrogen) atoms. The quantitative estimate of drug-likeness (QED) is 0.500. The topological polar surface area (TPSA) is 118 Å². The Bertz CT molecular complexity index is 686. The van der Waals surface area contributed by atoms with Crippen LogP contribution in [0.2, 0.25) is 0 Å². The highest BCUT2D eigenvalue weighted by Gasteiger charge is 2.25. The number of anilines is 1. The van der Waals surface area contributed by atoms with Crippen LogP contribution in [-0.4, -0.2) is 32.7 Å². The molecule has 0 atom stereocenters. The Morgan fingerprint density at radius 2 is 2.29 bits per heavy atom. The van der Waals surface area contributed by atoms with Crippen molar-refractivity contribution in [1.29, 1.82) is 0 Å². The normalized spacial score (nSPS) is 10.4. The number of nitrogens with one attached hydrogen (secondary N) is 1. The number of amides is 1. The van der Waals surface area contributed by atoms with Gasteiger partial charge in [0.2, 0.25) is 0 Å². The van der Waals surface area contributed by atoms with Crippen LogP contribution in [0.5, 0.6) is 0 Å². The molecule has 8 nitrogen and oxygen atoms in total. The number of hydrogen-bond acceptors (Lipinski definition) is 5. The van der Waals surface area contributed by atoms with Crippen molar-refractivity contribution in [2.45, 2.75) is 6.54 Å². The summed E-state index contributed by atoms with van der Waals surface area (Å²) < 4.78 is 13.3. The number of aromatic amines is 1. The first-order valence-corrected chi connectivity index (χ1v) is 5.87. The lowest BCUT2D eigenvalue weighted by Crippen LogP contribution is -2.27. The summed E-state index contributed by atoms with van der Waals surface area (Å²) in [6, 6.07) is 1.61. The molecule has 110 valence electrons. The van der Waals surface area contributed by atoms with Gasteiger partial charge in [-0.25, -0.2) is 9.37 Å². The number of benzene rings is 1. The molecule has 0 fully saturated rings. The van der Waals surface area contributed by atoms with Gasteiger partial charge in [0.1, 0.15) is 11.4 Å². The summed E-state index contributed by atoms with van der Waals surface area (Å²) in [6.07, 6.45) is 3.11. The first-order valence-electron chi connectivity index (χ1n) is 5.87. The molecule has 1 aromatic carbocycles. The minimum absolute atomic E-state index is 0.125. The van der Waals surface area contributed by atoms with E-state index in [0.717, 1.165) is 6.07 Å². The van der Waals surface area contributed by atoms with Crippen LogP contribution in [0.25, 0.3) is 0 Å². The molecular weight excluding hydrogens is 281 g/mol. The third-order valence-electron chi connectivity index (χ3n) is 2.83. The molecule has 1 aromatic heterocycles. The number of H-pyrrole nitrogens is 1. The van der Waals surface area contributed by atoms with Crippen LogP contribution in [0.4, 0.5) is 15.8 Å². The fourth-order valence-corrected chi connectivity index (χ4v) is 1.79. The van der Waals surface area contributed by atoms with E-state index in [2.05, 4.69) is 9.97 Å². The number of nitrogen functional groups attached to an aromatic ring is 1. The second-order valence-electron chi connectivity index (χ2n) is 4.35. The van der Waals surface area contributed by atoms with Gasteiger partial charge in [-0.3, -0.25) is 14.9 Å². The van der Waals surface area contributed by atoms with E-state index in [1.807, 2.05) is 0 Å². The largest absolute Gasteiger partial charge is 0.396 e. The van der Waals surface area contributed by atoms with Gasteiger partial charge in [0.15, 0.2) is 5.82 Å². The van der Waals surface area contributed by atoms with E-state index in [0.29, 0.717) is 11.9 Å². The summed E-state index contributed by atoms with van der Waals surface area (Å²) in [5, 5.41) is 10.9. The Labute approximate surface area is 118 Å². The van der Waals surface area contributed by atoms with Crippen molar-refractivity contribution < 1.29 is 14.1 Å². The van der Waals surface area contributed by atoms with Gasteiger partial charge >= 0.3 is 0 Å². The number of nitro benzene ring substituents is 1. The molecule has 0 aliphatic heterocycles. The van der Waals surface area contributed by atoms with Crippen molar-refractivity contribution in [3.8, 4) is 0 Å². The number of nitrogens with zero attached hydrogens (tertiary/aromatic N) is 3. The van der Waals surface area contributed by atoms with Crippen LogP contribution >= 0.6 is 0 Å². The van der Waals surface area contributed by atoms with Crippen LogP contribution in [0.1, 0.15) is 16.2 Å². The number of carbonyl (C=O) groups is 1. The highest BCUT2D eigenvalue weighted by molar-refractivity contribution is 5.98. The van der Waals surface area contributed by atoms with Crippen LogP contribution < -0.4 is 5.73 Å². The van der Waals surface area contributed by atoms with E-state index in [1.165, 1.54) is 18.1 Å². The van der Waals surface area contributed by atoms with Crippen molar-refractivity contribution >= 4 is 17.3 Å². The highest BCUT2D eigenvalue weighted by Crippen LogP contribution is 2.25. The Morgan fingerprint density at radius 3 is 2.86 bits per heavy atom. The summed E-state index contributed by atoms with van der Waals surface area (Å²) in [5.41, 5.74) is 4.16. The van der Waals surface area contributed by atoms with Crippen molar-refractivity contribution in [3.63, 3.8) is 0 Å². The third-order valence-corrected chi connectivity index (χ3v) is 2.83. The molecule has 0 aliphatic rings. The molecule has 2 aromatic rings. The Hall–Kier alpha value is -2.97. The van der Waals surface area contributed by atoms with Gasteiger partial charge < -0.3 is 15.6 Å². The fourth-order valence-electron chi connectivity index (χ4n) is 1.79. The van der Waals surface area contributed by atoms with E-state index < -0.39 is 22.3 Å². The van der Waals surface area contributed by atoms with Crippen molar-refractivity contribution in [1.82, 2.24) is 14.9 Å². The molecule has 0 unspecified atom stereocenters. The smallest absolute Gasteiger partial charge is 0.285 e. The maximum absolute atomic E-state index is 13.3. The number of halogens is 1. The summed E-state index contributed by atoms with van der Waals surface area (Å²) in [4.78, 5) is 30.4. The van der Waals surface area contributed by atoms with E-state index in [4.69, 9.17) is 5.73 Å². The van der Waals surface area contributed by atoms with Crippen molar-refractivity contribution in [2.75, 3.05) is 12.8 Å². The van der Waals surface area contributed by atoms with Gasteiger partial charge in [-0.1, -0.05) is 0 Å². The van der Waals surface area contributed by atoms with E-state index in [-0.39, 0.29) is 17.8 Å². The molecule has 0 aliphatic carbocycles. The summed E-state index contributed by atoms with van der Waals surface area (Å²) in [7, 11) is 1.45. The molecule has 9 heteroatoms. The van der Waals surface area contributed by atoms with E-state index in [9.17, 15) is 19.3 Å². The maximum Gasteiger partial charge on any atom is 0.285 e. The zero-order valence-electron chi connectivity index (χ0n) is 11.0. The lowest BCUT2D eigenvalue weighted by atomic mass is 10.1. The van der Waals surface area contributed by atoms with Gasteiger partial charge in [0, 0.05) is 19.4 Å². The monoisotopic (exact) mass is 293 g/mol. The van der Waals surface area contributed by atoms with Crippen LogP contribution in [-0.2, 0) is 6.54 Å². The minimum Gasteiger partial charge on any atom is -0.396 e. The molecular formula is C12H12FN5O3. The molecule has 0 spiro atoms. The zero-order valence-corrected chi connectivity index (χ0v) is 11.0. The molecule has 0 bridgehead atoms. The highest BCUT2D eigenvalue weighted by atomic mass is 19.1. The molecule has 0 radical (unpaired) electrons. The maximum atomic E-state index is 13.3. The predicted octanol–water partition coefficient (Wildman–Crippen LogP) is 1.31. The predicted molar refractivity (Wildman–Crippen MR) is 71.9 cm³/mol. The number of aromatic nitrogens is 2. The average molecular weight is 293 g/mol. The second kappa shape index (κ2) is 5.57. The molecule has 0 saturated carbocycles. The molecule has 1 heterocycles. The average Bonchev–Trinajstić information content (AvgIpc) is 2.93. The van der Waals surface area contributed by atoms with Gasteiger partial charge in [-0.15, -0.1) is 0 Å². The third kappa shape index (κ3) is 2.96. The number of hydrogen-bond donors (Lipinski definition) is 2. The number of nitro groups is 1. The van der Waals surface area contributed by atoms with Crippen LogP contribution in [0, 0.1) is 15.9 Å². The Kier molecular flexibility index (Phi) is 3.83. The first kappa shape index (κ1) is 14.4. The van der Waals surface area contributed by atoms with Crippen molar-refractivity contribution in [2.24, 2.45) is 0 Å². The number of rotatable bonds is 4. The lowest BCUT2D eigenvalue weighted by molar-refractivity contribution is -0.385. The summed E-state index contributed by atoms with van der Waals surface area (Å²) in [6.45, 7) is 0.125. The van der Waals surface area contributed by atoms with E-state index >= 15 is 0 Å². The zero-order chi connectivity index (χ0) is 15.6. The second-order valence-corrected chi connectivity index (χ2v) is 4.35. The van der Waals surface area contributed by atoms with Crippen LogP contribution in [0.3, 0.4) is 0 Å². The Morgan fingerprint density at radius 1 is 1.57 bits per heavy atom. The summed E-state index contributed by atoms with van der Waals surface area (Å²) >= 11 is 0. The minimum atomic E-state index is -0.938.